The molecule has 0 fully saturated rings. The van der Waals surface area contributed by atoms with Crippen LogP contribution in [0.1, 0.15) is 122 Å². The Hall–Kier alpha value is -0.186. The van der Waals surface area contributed by atoms with Gasteiger partial charge < -0.3 is 9.13 Å². The number of benzene rings is 1. The van der Waals surface area contributed by atoms with E-state index in [1.165, 1.54) is 139 Å². The topological polar surface area (TPSA) is 40.6 Å². The second-order valence-corrected chi connectivity index (χ2v) is 26.6. The number of nitrogens with zero attached hydrogens (tertiary/aromatic N) is 2. The lowest BCUT2D eigenvalue weighted by Crippen LogP contribution is -2.49. The third-order valence-corrected chi connectivity index (χ3v) is 21.6. The van der Waals surface area contributed by atoms with Gasteiger partial charge in [0.2, 0.25) is 0 Å². The van der Waals surface area contributed by atoms with Crippen molar-refractivity contribution in [1.29, 1.82) is 0 Å². The first-order valence-corrected chi connectivity index (χ1v) is 25.8. The van der Waals surface area contributed by atoms with Crippen molar-refractivity contribution in [2.24, 2.45) is 0 Å². The van der Waals surface area contributed by atoms with Crippen LogP contribution >= 0.6 is 10.7 Å². The molecule has 0 aromatic heterocycles. The lowest BCUT2D eigenvalue weighted by atomic mass is 10.0. The first-order chi connectivity index (χ1) is 20.3. The van der Waals surface area contributed by atoms with Crippen LogP contribution in [-0.4, -0.2) is 62.2 Å². The van der Waals surface area contributed by atoms with Crippen LogP contribution in [0.2, 0.25) is 37.3 Å². The van der Waals surface area contributed by atoms with E-state index in [2.05, 4.69) is 57.3 Å². The molecule has 43 heavy (non-hydrogen) atoms. The van der Waals surface area contributed by atoms with Crippen LogP contribution in [0.15, 0.2) is 29.2 Å². The lowest BCUT2D eigenvalue weighted by molar-refractivity contribution is 0.529. The molecule has 0 aliphatic heterocycles. The van der Waals surface area contributed by atoms with Crippen LogP contribution in [0.3, 0.4) is 0 Å². The molecule has 0 heterocycles. The molecule has 0 saturated heterocycles. The number of rotatable bonds is 27. The molecule has 0 bridgehead atoms. The van der Waals surface area contributed by atoms with Crippen molar-refractivity contribution in [3.05, 3.63) is 29.8 Å². The quantitative estimate of drug-likeness (QED) is 0.0530. The van der Waals surface area contributed by atoms with Gasteiger partial charge in [-0.25, -0.2) is 8.42 Å². The highest BCUT2D eigenvalue weighted by Gasteiger charge is 2.33. The minimum atomic E-state index is -3.66. The van der Waals surface area contributed by atoms with Gasteiger partial charge in [0.15, 0.2) is 0 Å². The molecule has 252 valence electrons. The fourth-order valence-corrected chi connectivity index (χ4v) is 13.4. The number of aryl methyl sites for hydroxylation is 1. The van der Waals surface area contributed by atoms with Crippen molar-refractivity contribution in [3.63, 3.8) is 0 Å². The largest absolute Gasteiger partial charge is 0.329 e. The van der Waals surface area contributed by atoms with E-state index in [9.17, 15) is 8.42 Å². The van der Waals surface area contributed by atoms with E-state index in [4.69, 9.17) is 10.7 Å². The summed E-state index contributed by atoms with van der Waals surface area (Å²) in [5.74, 6) is 0. The van der Waals surface area contributed by atoms with Gasteiger partial charge in [-0.1, -0.05) is 141 Å². The Balaban J connectivity index is 2.28. The summed E-state index contributed by atoms with van der Waals surface area (Å²) in [6.07, 6.45) is 25.2. The normalized spacial score (nSPS) is 15.2. The highest BCUT2D eigenvalue weighted by atomic mass is 35.7. The first-order valence-electron chi connectivity index (χ1n) is 17.7. The minimum Gasteiger partial charge on any atom is -0.329 e. The summed E-state index contributed by atoms with van der Waals surface area (Å²) in [6.45, 7) is 7.43. The molecule has 0 radical (unpaired) electrons. The van der Waals surface area contributed by atoms with Gasteiger partial charge in [0, 0.05) is 10.7 Å². The third-order valence-electron chi connectivity index (χ3n) is 10.3. The molecule has 0 N–H and O–H groups in total. The smallest absolute Gasteiger partial charge is 0.261 e. The summed E-state index contributed by atoms with van der Waals surface area (Å²) >= 11 is 0. The van der Waals surface area contributed by atoms with E-state index in [1.54, 1.807) is 12.1 Å². The van der Waals surface area contributed by atoms with Crippen LogP contribution in [0.4, 0.5) is 0 Å². The molecule has 1 aromatic carbocycles. The zero-order valence-electron chi connectivity index (χ0n) is 29.4. The van der Waals surface area contributed by atoms with Gasteiger partial charge in [-0.3, -0.25) is 0 Å². The molecule has 0 aliphatic carbocycles. The maximum atomic E-state index is 11.6. The van der Waals surface area contributed by atoms with Gasteiger partial charge in [-0.15, -0.1) is 0 Å². The van der Waals surface area contributed by atoms with Crippen molar-refractivity contribution in [2.75, 3.05) is 28.2 Å². The maximum Gasteiger partial charge on any atom is 0.261 e. The zero-order chi connectivity index (χ0) is 32.2. The van der Waals surface area contributed by atoms with Crippen LogP contribution in [0, 0.1) is 0 Å². The Bertz CT molecular complexity index is 946. The van der Waals surface area contributed by atoms with Gasteiger partial charge >= 0.3 is 0 Å². The summed E-state index contributed by atoms with van der Waals surface area (Å²) in [7, 11) is 8.01. The Morgan fingerprint density at radius 3 is 1.28 bits per heavy atom. The molecule has 8 heteroatoms. The lowest BCUT2D eigenvalue weighted by Gasteiger charge is -2.38. The van der Waals surface area contributed by atoms with E-state index in [0.717, 1.165) is 6.42 Å². The van der Waals surface area contributed by atoms with Crippen LogP contribution < -0.4 is 0 Å². The third kappa shape index (κ3) is 17.9. The Morgan fingerprint density at radius 1 is 0.558 bits per heavy atom. The summed E-state index contributed by atoms with van der Waals surface area (Å²) < 4.78 is 28.3. The average molecular weight is 674 g/mol. The highest BCUT2D eigenvalue weighted by molar-refractivity contribution is 8.13. The fourth-order valence-electron chi connectivity index (χ4n) is 6.28. The van der Waals surface area contributed by atoms with Gasteiger partial charge in [-0.2, -0.15) is 0 Å². The summed E-state index contributed by atoms with van der Waals surface area (Å²) in [4.78, 5) is 0.183. The SMILES string of the molecule is CCCCCCCCCCCCCCCCCC[Si](C)(CCC[Si](C)(CCc1ccc(S(=O)(=O)Cl)cc1)N(C)C)N(C)C. The highest BCUT2D eigenvalue weighted by Crippen LogP contribution is 2.30. The van der Waals surface area contributed by atoms with E-state index in [-0.39, 0.29) is 4.90 Å². The second-order valence-electron chi connectivity index (χ2n) is 14.3. The van der Waals surface area contributed by atoms with Crippen molar-refractivity contribution in [2.45, 2.75) is 165 Å². The molecular weight excluding hydrogens is 604 g/mol. The van der Waals surface area contributed by atoms with Gasteiger partial charge in [-0.05, 0) is 76.5 Å². The van der Waals surface area contributed by atoms with Crippen molar-refractivity contribution in [1.82, 2.24) is 9.13 Å². The van der Waals surface area contributed by atoms with Crippen LogP contribution in [0.5, 0.6) is 0 Å². The number of hydrogen-bond acceptors (Lipinski definition) is 4. The molecule has 1 aromatic rings. The van der Waals surface area contributed by atoms with E-state index < -0.39 is 25.5 Å². The van der Waals surface area contributed by atoms with Crippen LogP contribution in [0.25, 0.3) is 0 Å². The molecule has 0 amide bonds. The summed E-state index contributed by atoms with van der Waals surface area (Å²) in [5, 5.41) is 0. The first kappa shape index (κ1) is 40.8. The molecule has 4 nitrogen and oxygen atoms in total. The molecule has 1 rings (SSSR count). The summed E-state index contributed by atoms with van der Waals surface area (Å²) in [6, 6.07) is 12.4. The Morgan fingerprint density at radius 2 is 0.907 bits per heavy atom. The number of hydrogen-bond donors (Lipinski definition) is 0. The van der Waals surface area contributed by atoms with E-state index >= 15 is 0 Å². The summed E-state index contributed by atoms with van der Waals surface area (Å²) in [5.41, 5.74) is 1.20. The zero-order valence-corrected chi connectivity index (χ0v) is 32.9. The molecule has 0 spiro atoms. The second kappa shape index (κ2) is 22.4. The van der Waals surface area contributed by atoms with Crippen molar-refractivity contribution >= 4 is 36.2 Å². The fraction of sp³-hybridized carbons (Fsp3) is 0.829. The van der Waals surface area contributed by atoms with Crippen molar-refractivity contribution in [3.8, 4) is 0 Å². The minimum absolute atomic E-state index is 0.183. The molecule has 0 aliphatic rings. The van der Waals surface area contributed by atoms with Gasteiger partial charge in [0.1, 0.15) is 16.5 Å². The van der Waals surface area contributed by atoms with E-state index in [0.29, 0.717) is 0 Å². The van der Waals surface area contributed by atoms with Crippen LogP contribution in [-0.2, 0) is 15.5 Å². The number of unbranched alkanes of at least 4 members (excludes halogenated alkanes) is 15. The van der Waals surface area contributed by atoms with Crippen molar-refractivity contribution < 1.29 is 8.42 Å². The number of halogens is 1. The standard InChI is InChI=1S/C35H69ClN2O2SSi2/c1-8-9-10-11-12-13-14-15-16-17-18-19-20-21-22-23-30-42(6,37(2)3)31-24-32-43(7,38(4)5)33-29-34-25-27-35(28-26-34)41(36,39)40/h25-28H,8-24,29-33H2,1-7H3. The maximum absolute atomic E-state index is 11.6. The van der Waals surface area contributed by atoms with Gasteiger partial charge in [0.25, 0.3) is 9.05 Å². The average Bonchev–Trinajstić information content (AvgIpc) is 2.95. The van der Waals surface area contributed by atoms with Gasteiger partial charge in [0.05, 0.1) is 4.90 Å². The molecule has 0 saturated carbocycles. The molecule has 2 atom stereocenters. The molecule has 2 unspecified atom stereocenters. The predicted octanol–water partition coefficient (Wildman–Crippen LogP) is 11.1. The monoisotopic (exact) mass is 672 g/mol. The predicted molar refractivity (Wildman–Crippen MR) is 197 cm³/mol. The van der Waals surface area contributed by atoms with E-state index in [1.807, 2.05) is 12.1 Å². The molecular formula is C35H69ClN2O2SSi2. The Labute approximate surface area is 275 Å². The Kier molecular flexibility index (Phi) is 21.2.